The Morgan fingerprint density at radius 2 is 1.18 bits per heavy atom. The Labute approximate surface area is 245 Å². The summed E-state index contributed by atoms with van der Waals surface area (Å²) in [5, 5.41) is 43.1. The molecule has 6 heteroatoms. The number of allylic oxidation sites excluding steroid dienone is 8. The number of amides is 1. The summed E-state index contributed by atoms with van der Waals surface area (Å²) in [7, 11) is 0. The fourth-order valence-electron chi connectivity index (χ4n) is 4.36. The molecule has 0 aliphatic carbocycles. The molecule has 0 aromatic carbocycles. The average Bonchev–Trinajstić information content (AvgIpc) is 2.96. The van der Waals surface area contributed by atoms with Crippen LogP contribution in [0.5, 0.6) is 0 Å². The van der Waals surface area contributed by atoms with Crippen LogP contribution in [0.25, 0.3) is 0 Å². The molecule has 0 aliphatic heterocycles. The lowest BCUT2D eigenvalue weighted by Gasteiger charge is -2.27. The molecule has 0 bridgehead atoms. The Kier molecular flexibility index (Phi) is 27.5. The highest BCUT2D eigenvalue weighted by Crippen LogP contribution is 2.12. The molecule has 6 nitrogen and oxygen atoms in total. The second-order valence-corrected chi connectivity index (χ2v) is 10.8. The number of hydrogen-bond acceptors (Lipinski definition) is 5. The van der Waals surface area contributed by atoms with Crippen molar-refractivity contribution >= 4 is 5.91 Å². The van der Waals surface area contributed by atoms with Gasteiger partial charge in [-0.25, -0.2) is 0 Å². The molecule has 4 unspecified atom stereocenters. The molecule has 5 N–H and O–H groups in total. The second kappa shape index (κ2) is 28.8. The highest BCUT2D eigenvalue weighted by atomic mass is 16.3. The first-order valence-corrected chi connectivity index (χ1v) is 16.0. The maximum Gasteiger partial charge on any atom is 0.249 e. The van der Waals surface area contributed by atoms with Crippen LogP contribution in [-0.4, -0.2) is 57.3 Å². The molecule has 0 spiro atoms. The first-order valence-electron chi connectivity index (χ1n) is 16.0. The van der Waals surface area contributed by atoms with E-state index in [0.29, 0.717) is 19.3 Å². The van der Waals surface area contributed by atoms with Gasteiger partial charge in [0.15, 0.2) is 0 Å². The number of carbonyl (C=O) groups excluding carboxylic acids is 1. The van der Waals surface area contributed by atoms with Gasteiger partial charge in [0.25, 0.3) is 0 Å². The van der Waals surface area contributed by atoms with Gasteiger partial charge in [0, 0.05) is 0 Å². The molecule has 0 saturated carbocycles. The number of hydrogen-bond donors (Lipinski definition) is 5. The molecule has 0 rings (SSSR count). The molecule has 1 amide bonds. The molecule has 0 aromatic heterocycles. The van der Waals surface area contributed by atoms with Crippen molar-refractivity contribution in [2.24, 2.45) is 0 Å². The molecule has 0 heterocycles. The zero-order chi connectivity index (χ0) is 29.7. The fourth-order valence-corrected chi connectivity index (χ4v) is 4.36. The van der Waals surface area contributed by atoms with Crippen LogP contribution in [0.3, 0.4) is 0 Å². The Balaban J connectivity index is 4.00. The van der Waals surface area contributed by atoms with Crippen LogP contribution < -0.4 is 5.32 Å². The topological polar surface area (TPSA) is 110 Å². The minimum atomic E-state index is -1.29. The van der Waals surface area contributed by atoms with Gasteiger partial charge >= 0.3 is 0 Å². The van der Waals surface area contributed by atoms with Gasteiger partial charge in [-0.2, -0.15) is 0 Å². The first-order chi connectivity index (χ1) is 19.5. The summed E-state index contributed by atoms with van der Waals surface area (Å²) >= 11 is 0. The highest BCUT2D eigenvalue weighted by molar-refractivity contribution is 5.80. The lowest BCUT2D eigenvalue weighted by Crippen LogP contribution is -2.53. The van der Waals surface area contributed by atoms with Gasteiger partial charge in [-0.1, -0.05) is 107 Å². The van der Waals surface area contributed by atoms with E-state index < -0.39 is 36.9 Å². The maximum atomic E-state index is 12.4. The normalized spacial score (nSPS) is 15.4. The Hall–Kier alpha value is -1.73. The Morgan fingerprint density at radius 1 is 0.625 bits per heavy atom. The van der Waals surface area contributed by atoms with E-state index in [2.05, 4.69) is 67.8 Å². The van der Waals surface area contributed by atoms with Crippen LogP contribution in [0, 0.1) is 0 Å². The number of rotatable bonds is 27. The Bertz CT molecular complexity index is 688. The van der Waals surface area contributed by atoms with E-state index in [1.807, 2.05) is 0 Å². The summed E-state index contributed by atoms with van der Waals surface area (Å²) in [6.45, 7) is 3.87. The van der Waals surface area contributed by atoms with Crippen molar-refractivity contribution in [3.05, 3.63) is 48.6 Å². The minimum Gasteiger partial charge on any atom is -0.394 e. The van der Waals surface area contributed by atoms with E-state index in [-0.39, 0.29) is 0 Å². The molecule has 4 atom stereocenters. The van der Waals surface area contributed by atoms with E-state index in [0.717, 1.165) is 70.6 Å². The molecule has 0 fully saturated rings. The smallest absolute Gasteiger partial charge is 0.249 e. The van der Waals surface area contributed by atoms with Crippen LogP contribution in [-0.2, 0) is 4.79 Å². The summed E-state index contributed by atoms with van der Waals surface area (Å²) in [5.74, 6) is -0.617. The molecule has 0 radical (unpaired) electrons. The lowest BCUT2D eigenvalue weighted by molar-refractivity contribution is -0.132. The quantitative estimate of drug-likeness (QED) is 0.0427. The third-order valence-electron chi connectivity index (χ3n) is 7.00. The van der Waals surface area contributed by atoms with Gasteiger partial charge in [0.2, 0.25) is 5.91 Å². The van der Waals surface area contributed by atoms with E-state index in [1.54, 1.807) is 0 Å². The molecule has 232 valence electrons. The van der Waals surface area contributed by atoms with Gasteiger partial charge in [-0.05, 0) is 70.6 Å². The van der Waals surface area contributed by atoms with Crippen molar-refractivity contribution in [2.75, 3.05) is 6.61 Å². The molecule has 0 aromatic rings. The zero-order valence-electron chi connectivity index (χ0n) is 25.6. The van der Waals surface area contributed by atoms with Crippen LogP contribution in [0.4, 0.5) is 0 Å². The van der Waals surface area contributed by atoms with Crippen molar-refractivity contribution < 1.29 is 25.2 Å². The minimum absolute atomic E-state index is 0.339. The second-order valence-electron chi connectivity index (χ2n) is 10.8. The largest absolute Gasteiger partial charge is 0.394 e. The van der Waals surface area contributed by atoms with Gasteiger partial charge in [0.05, 0.1) is 18.8 Å². The van der Waals surface area contributed by atoms with Crippen LogP contribution >= 0.6 is 0 Å². The standard InChI is InChI=1S/C34H61NO5/c1-3-5-7-9-11-13-15-16-17-18-20-22-24-26-28-32(38)34(40)35-30(29-36)33(39)31(37)27-25-23-21-19-14-12-10-8-6-4-2/h8,10-11,13,15-16,19,21,30-33,36-39H,3-7,9,12,14,17-18,20,22-29H2,1-2H3,(H,35,40)/b10-8+,13-11-,16-15-,21-19+. The average molecular weight is 564 g/mol. The number of nitrogens with one attached hydrogen (secondary N) is 1. The van der Waals surface area contributed by atoms with Crippen LogP contribution in [0.1, 0.15) is 129 Å². The highest BCUT2D eigenvalue weighted by Gasteiger charge is 2.28. The summed E-state index contributed by atoms with van der Waals surface area (Å²) in [4.78, 5) is 12.4. The first kappa shape index (κ1) is 38.3. The Morgan fingerprint density at radius 3 is 1.80 bits per heavy atom. The number of unbranched alkanes of at least 4 members (excludes halogenated alkanes) is 11. The van der Waals surface area contributed by atoms with Gasteiger partial charge < -0.3 is 25.7 Å². The third-order valence-corrected chi connectivity index (χ3v) is 7.00. The monoisotopic (exact) mass is 563 g/mol. The van der Waals surface area contributed by atoms with E-state index in [9.17, 15) is 25.2 Å². The molecule has 40 heavy (non-hydrogen) atoms. The number of carbonyl (C=O) groups is 1. The summed E-state index contributed by atoms with van der Waals surface area (Å²) in [6, 6.07) is -1.01. The molecule has 0 aliphatic rings. The summed E-state index contributed by atoms with van der Waals surface area (Å²) < 4.78 is 0. The van der Waals surface area contributed by atoms with Crippen LogP contribution in [0.2, 0.25) is 0 Å². The van der Waals surface area contributed by atoms with Crippen molar-refractivity contribution in [1.82, 2.24) is 5.32 Å². The summed E-state index contributed by atoms with van der Waals surface area (Å²) in [6.07, 6.45) is 31.3. The number of aliphatic hydroxyl groups is 4. The molecular weight excluding hydrogens is 502 g/mol. The SMILES string of the molecule is CCC/C=C/CC/C=C/CCCC(O)C(O)C(CO)NC(=O)C(O)CCCCCCC/C=C\C=C/CCCCC. The lowest BCUT2D eigenvalue weighted by atomic mass is 10.00. The van der Waals surface area contributed by atoms with E-state index in [4.69, 9.17) is 0 Å². The summed E-state index contributed by atoms with van der Waals surface area (Å²) in [5.41, 5.74) is 0. The van der Waals surface area contributed by atoms with Crippen molar-refractivity contribution in [1.29, 1.82) is 0 Å². The van der Waals surface area contributed by atoms with Gasteiger partial charge in [-0.15, -0.1) is 0 Å². The van der Waals surface area contributed by atoms with E-state index in [1.165, 1.54) is 25.7 Å². The third kappa shape index (κ3) is 23.0. The predicted octanol–water partition coefficient (Wildman–Crippen LogP) is 6.83. The van der Waals surface area contributed by atoms with Gasteiger partial charge in [0.1, 0.15) is 12.2 Å². The van der Waals surface area contributed by atoms with Crippen molar-refractivity contribution in [3.63, 3.8) is 0 Å². The number of aliphatic hydroxyl groups excluding tert-OH is 4. The maximum absolute atomic E-state index is 12.4. The molecule has 0 saturated heterocycles. The van der Waals surface area contributed by atoms with Gasteiger partial charge in [-0.3, -0.25) is 4.79 Å². The predicted molar refractivity (Wildman–Crippen MR) is 168 cm³/mol. The fraction of sp³-hybridized carbons (Fsp3) is 0.735. The van der Waals surface area contributed by atoms with E-state index >= 15 is 0 Å². The van der Waals surface area contributed by atoms with Crippen molar-refractivity contribution in [3.8, 4) is 0 Å². The molecular formula is C34H61NO5. The van der Waals surface area contributed by atoms with Crippen LogP contribution in [0.15, 0.2) is 48.6 Å². The van der Waals surface area contributed by atoms with Crippen molar-refractivity contribution in [2.45, 2.75) is 154 Å². The zero-order valence-corrected chi connectivity index (χ0v) is 25.6.